The van der Waals surface area contributed by atoms with E-state index < -0.39 is 0 Å². The summed E-state index contributed by atoms with van der Waals surface area (Å²) in [7, 11) is 0. The van der Waals surface area contributed by atoms with Crippen molar-refractivity contribution in [2.75, 3.05) is 19.7 Å². The maximum Gasteiger partial charge on any atom is 0.0979 e. The van der Waals surface area contributed by atoms with Gasteiger partial charge in [0.25, 0.3) is 0 Å². The lowest BCUT2D eigenvalue weighted by Gasteiger charge is -2.28. The van der Waals surface area contributed by atoms with Crippen LogP contribution in [0, 0.1) is 11.3 Å². The summed E-state index contributed by atoms with van der Waals surface area (Å²) in [6.07, 6.45) is 6.27. The summed E-state index contributed by atoms with van der Waals surface area (Å²) in [4.78, 5) is 2.29. The second kappa shape index (κ2) is 4.77. The van der Waals surface area contributed by atoms with E-state index in [2.05, 4.69) is 11.0 Å². The van der Waals surface area contributed by atoms with Crippen LogP contribution in [0.15, 0.2) is 0 Å². The Hall–Kier alpha value is -0.590. The first-order valence-corrected chi connectivity index (χ1v) is 5.65. The Morgan fingerprint density at radius 1 is 1.29 bits per heavy atom. The first-order chi connectivity index (χ1) is 6.90. The van der Waals surface area contributed by atoms with Crippen molar-refractivity contribution in [2.24, 2.45) is 0 Å². The Kier molecular flexibility index (Phi) is 3.39. The van der Waals surface area contributed by atoms with Gasteiger partial charge in [0, 0.05) is 13.2 Å². The number of ether oxygens (including phenoxy) is 1. The van der Waals surface area contributed by atoms with Gasteiger partial charge in [0.1, 0.15) is 0 Å². The highest BCUT2D eigenvalue weighted by atomic mass is 16.5. The van der Waals surface area contributed by atoms with Crippen molar-refractivity contribution in [1.82, 2.24) is 4.90 Å². The van der Waals surface area contributed by atoms with Crippen LogP contribution in [0.4, 0.5) is 0 Å². The molecule has 78 valence electrons. The van der Waals surface area contributed by atoms with Crippen LogP contribution in [-0.4, -0.2) is 36.7 Å². The maximum atomic E-state index is 8.93. The van der Waals surface area contributed by atoms with E-state index >= 15 is 0 Å². The zero-order valence-corrected chi connectivity index (χ0v) is 8.61. The molecule has 0 bridgehead atoms. The van der Waals surface area contributed by atoms with Gasteiger partial charge in [-0.25, -0.2) is 0 Å². The average Bonchev–Trinajstić information content (AvgIpc) is 2.67. The summed E-state index contributed by atoms with van der Waals surface area (Å²) >= 11 is 0. The Bertz CT molecular complexity index is 218. The van der Waals surface area contributed by atoms with Crippen molar-refractivity contribution < 1.29 is 4.74 Å². The fourth-order valence-electron chi connectivity index (χ4n) is 2.40. The second-order valence-corrected chi connectivity index (χ2v) is 4.27. The number of nitriles is 1. The van der Waals surface area contributed by atoms with Gasteiger partial charge in [-0.15, -0.1) is 0 Å². The molecule has 2 rings (SSSR count). The molecule has 2 unspecified atom stereocenters. The molecule has 2 saturated heterocycles. The minimum Gasteiger partial charge on any atom is -0.377 e. The molecule has 3 nitrogen and oxygen atoms in total. The summed E-state index contributed by atoms with van der Waals surface area (Å²) in [5.74, 6) is 0. The van der Waals surface area contributed by atoms with Gasteiger partial charge in [-0.1, -0.05) is 0 Å². The molecule has 0 N–H and O–H groups in total. The predicted molar refractivity (Wildman–Crippen MR) is 53.8 cm³/mol. The molecule has 2 heterocycles. The molecule has 2 aliphatic heterocycles. The number of hydrogen-bond donors (Lipinski definition) is 0. The van der Waals surface area contributed by atoms with Crippen molar-refractivity contribution in [3.05, 3.63) is 0 Å². The molecule has 0 radical (unpaired) electrons. The lowest BCUT2D eigenvalue weighted by Crippen LogP contribution is -2.38. The van der Waals surface area contributed by atoms with Gasteiger partial charge in [0.05, 0.1) is 18.2 Å². The van der Waals surface area contributed by atoms with Gasteiger partial charge >= 0.3 is 0 Å². The molecule has 2 atom stereocenters. The van der Waals surface area contributed by atoms with E-state index in [9.17, 15) is 0 Å². The largest absolute Gasteiger partial charge is 0.377 e. The molecular formula is C11H18N2O. The van der Waals surface area contributed by atoms with Crippen molar-refractivity contribution in [2.45, 2.75) is 44.2 Å². The third-order valence-corrected chi connectivity index (χ3v) is 3.22. The van der Waals surface area contributed by atoms with Gasteiger partial charge in [0.15, 0.2) is 0 Å². The standard InChI is InChI=1S/C11H18N2O/c12-8-10-4-3-6-13(10)9-11-5-1-2-7-14-11/h10-11H,1-7,9H2. The molecule has 0 aromatic rings. The molecule has 0 aromatic carbocycles. The highest BCUT2D eigenvalue weighted by Gasteiger charge is 2.27. The Morgan fingerprint density at radius 2 is 2.21 bits per heavy atom. The number of hydrogen-bond acceptors (Lipinski definition) is 3. The molecule has 0 amide bonds. The van der Waals surface area contributed by atoms with Crippen molar-refractivity contribution in [3.63, 3.8) is 0 Å². The van der Waals surface area contributed by atoms with E-state index in [4.69, 9.17) is 10.00 Å². The van der Waals surface area contributed by atoms with E-state index in [1.165, 1.54) is 25.7 Å². The van der Waals surface area contributed by atoms with Crippen LogP contribution in [-0.2, 0) is 4.74 Å². The smallest absolute Gasteiger partial charge is 0.0979 e. The molecule has 0 saturated carbocycles. The average molecular weight is 194 g/mol. The predicted octanol–water partition coefficient (Wildman–Crippen LogP) is 1.54. The van der Waals surface area contributed by atoms with Crippen LogP contribution < -0.4 is 0 Å². The Morgan fingerprint density at radius 3 is 2.93 bits per heavy atom. The molecule has 0 aromatic heterocycles. The SMILES string of the molecule is N#CC1CCCN1CC1CCCCO1. The highest BCUT2D eigenvalue weighted by molar-refractivity contribution is 4.96. The van der Waals surface area contributed by atoms with Crippen LogP contribution in [0.2, 0.25) is 0 Å². The first-order valence-electron chi connectivity index (χ1n) is 5.65. The summed E-state index contributed by atoms with van der Waals surface area (Å²) in [6.45, 7) is 2.96. The van der Waals surface area contributed by atoms with Crippen LogP contribution >= 0.6 is 0 Å². The zero-order chi connectivity index (χ0) is 9.80. The summed E-state index contributed by atoms with van der Waals surface area (Å²) in [6, 6.07) is 2.53. The second-order valence-electron chi connectivity index (χ2n) is 4.27. The third kappa shape index (κ3) is 2.26. The number of nitrogens with zero attached hydrogens (tertiary/aromatic N) is 2. The fourth-order valence-corrected chi connectivity index (χ4v) is 2.40. The van der Waals surface area contributed by atoms with Gasteiger partial charge in [-0.05, 0) is 38.6 Å². The number of rotatable bonds is 2. The van der Waals surface area contributed by atoms with Gasteiger partial charge in [0.2, 0.25) is 0 Å². The van der Waals surface area contributed by atoms with Crippen molar-refractivity contribution in [3.8, 4) is 6.07 Å². The minimum absolute atomic E-state index is 0.153. The zero-order valence-electron chi connectivity index (χ0n) is 8.61. The van der Waals surface area contributed by atoms with E-state index in [1.54, 1.807) is 0 Å². The quantitative estimate of drug-likeness (QED) is 0.669. The molecule has 0 spiro atoms. The molecule has 0 aliphatic carbocycles. The summed E-state index contributed by atoms with van der Waals surface area (Å²) < 4.78 is 5.68. The van der Waals surface area contributed by atoms with Crippen LogP contribution in [0.5, 0.6) is 0 Å². The van der Waals surface area contributed by atoms with Crippen molar-refractivity contribution >= 4 is 0 Å². The van der Waals surface area contributed by atoms with E-state index in [-0.39, 0.29) is 6.04 Å². The third-order valence-electron chi connectivity index (χ3n) is 3.22. The highest BCUT2D eigenvalue weighted by Crippen LogP contribution is 2.20. The topological polar surface area (TPSA) is 36.3 Å². The van der Waals surface area contributed by atoms with Gasteiger partial charge < -0.3 is 4.74 Å². The van der Waals surface area contributed by atoms with Crippen LogP contribution in [0.3, 0.4) is 0 Å². The van der Waals surface area contributed by atoms with E-state index in [0.29, 0.717) is 6.10 Å². The van der Waals surface area contributed by atoms with Gasteiger partial charge in [-0.3, -0.25) is 4.90 Å². The van der Waals surface area contributed by atoms with E-state index in [1.807, 2.05) is 0 Å². The normalized spacial score (nSPS) is 34.2. The monoisotopic (exact) mass is 194 g/mol. The maximum absolute atomic E-state index is 8.93. The van der Waals surface area contributed by atoms with Crippen molar-refractivity contribution in [1.29, 1.82) is 5.26 Å². The molecule has 3 heteroatoms. The van der Waals surface area contributed by atoms with E-state index in [0.717, 1.165) is 26.1 Å². The van der Waals surface area contributed by atoms with Gasteiger partial charge in [-0.2, -0.15) is 5.26 Å². The lowest BCUT2D eigenvalue weighted by atomic mass is 10.1. The summed E-state index contributed by atoms with van der Waals surface area (Å²) in [5.41, 5.74) is 0. The Labute approximate surface area is 85.6 Å². The molecular weight excluding hydrogens is 176 g/mol. The molecule has 2 fully saturated rings. The Balaban J connectivity index is 1.81. The molecule has 14 heavy (non-hydrogen) atoms. The molecule has 2 aliphatic rings. The number of likely N-dealkylation sites (tertiary alicyclic amines) is 1. The summed E-state index contributed by atoms with van der Waals surface area (Å²) in [5, 5.41) is 8.93. The van der Waals surface area contributed by atoms with Crippen LogP contribution in [0.25, 0.3) is 0 Å². The first kappa shape index (κ1) is 9.95. The lowest BCUT2D eigenvalue weighted by molar-refractivity contribution is -0.00492. The minimum atomic E-state index is 0.153. The van der Waals surface area contributed by atoms with Crippen LogP contribution in [0.1, 0.15) is 32.1 Å². The fraction of sp³-hybridized carbons (Fsp3) is 0.909.